The average molecular weight is 578 g/mol. The van der Waals surface area contributed by atoms with Crippen molar-refractivity contribution in [1.29, 1.82) is 0 Å². The predicted molar refractivity (Wildman–Crippen MR) is 150 cm³/mol. The zero-order valence-electron chi connectivity index (χ0n) is 22.1. The Labute approximate surface area is 236 Å². The van der Waals surface area contributed by atoms with Crippen LogP contribution in [-0.2, 0) is 21.5 Å². The minimum Gasteiger partial charge on any atom is -0.444 e. The lowest BCUT2D eigenvalue weighted by molar-refractivity contribution is -0.120. The van der Waals surface area contributed by atoms with Gasteiger partial charge in [0.15, 0.2) is 0 Å². The molecule has 2 aromatic carbocycles. The third-order valence-corrected chi connectivity index (χ3v) is 7.25. The Morgan fingerprint density at radius 2 is 1.82 bits per heavy atom. The van der Waals surface area contributed by atoms with E-state index in [0.717, 1.165) is 10.5 Å². The Kier molecular flexibility index (Phi) is 8.02. The molecule has 2 amide bonds. The summed E-state index contributed by atoms with van der Waals surface area (Å²) in [5, 5.41) is 12.1. The van der Waals surface area contributed by atoms with E-state index >= 15 is 0 Å². The van der Waals surface area contributed by atoms with E-state index in [1.807, 2.05) is 32.9 Å². The van der Waals surface area contributed by atoms with Crippen LogP contribution in [0.4, 0.5) is 10.5 Å². The molecule has 1 aliphatic heterocycles. The molecule has 0 saturated carbocycles. The largest absolute Gasteiger partial charge is 0.444 e. The predicted octanol–water partition coefficient (Wildman–Crippen LogP) is 6.87. The van der Waals surface area contributed by atoms with Gasteiger partial charge < -0.3 is 19.4 Å². The maximum absolute atomic E-state index is 13.9. The number of hydrogen-bond acceptors (Lipinski definition) is 7. The normalized spacial score (nSPS) is 16.2. The number of benzene rings is 2. The molecule has 0 radical (unpaired) electrons. The van der Waals surface area contributed by atoms with E-state index in [-0.39, 0.29) is 23.8 Å². The van der Waals surface area contributed by atoms with Crippen molar-refractivity contribution in [3.63, 3.8) is 0 Å². The average Bonchev–Trinajstić information content (AvgIpc) is 3.27. The third-order valence-electron chi connectivity index (χ3n) is 5.55. The zero-order chi connectivity index (χ0) is 27.8. The van der Waals surface area contributed by atoms with Crippen molar-refractivity contribution in [3.05, 3.63) is 57.9 Å². The first-order chi connectivity index (χ1) is 17.7. The number of nitrogens with one attached hydrogen (secondary N) is 1. The molecule has 202 valence electrons. The molecule has 1 aromatic heterocycles. The minimum atomic E-state index is -0.826. The number of rotatable bonds is 4. The van der Waals surface area contributed by atoms with Gasteiger partial charge in [-0.3, -0.25) is 4.79 Å². The van der Waals surface area contributed by atoms with E-state index in [1.165, 1.54) is 11.8 Å². The molecule has 0 spiro atoms. The molecule has 0 fully saturated rings. The number of halogens is 2. The molecular weight excluding hydrogens is 547 g/mol. The Bertz CT molecular complexity index is 1350. The van der Waals surface area contributed by atoms with Crippen molar-refractivity contribution >= 4 is 52.7 Å². The molecule has 1 aliphatic rings. The summed E-state index contributed by atoms with van der Waals surface area (Å²) >= 11 is 14.2. The summed E-state index contributed by atoms with van der Waals surface area (Å²) in [6, 6.07) is 10.00. The Morgan fingerprint density at radius 3 is 2.42 bits per heavy atom. The van der Waals surface area contributed by atoms with Gasteiger partial charge in [-0.1, -0.05) is 56.1 Å². The third kappa shape index (κ3) is 6.62. The van der Waals surface area contributed by atoms with Gasteiger partial charge >= 0.3 is 6.09 Å². The molecule has 0 bridgehead atoms. The molecule has 0 unspecified atom stereocenters. The number of nitrogens with zero attached hydrogens (tertiary/aromatic N) is 3. The number of hydrogen-bond donors (Lipinski definition) is 1. The van der Waals surface area contributed by atoms with Gasteiger partial charge in [-0.05, 0) is 50.6 Å². The number of alkyl carbamates (subject to hydrolysis) is 1. The highest BCUT2D eigenvalue weighted by molar-refractivity contribution is 7.99. The van der Waals surface area contributed by atoms with E-state index < -0.39 is 17.7 Å². The number of aromatic nitrogens is 2. The monoisotopic (exact) mass is 576 g/mol. The minimum absolute atomic E-state index is 0.244. The summed E-state index contributed by atoms with van der Waals surface area (Å²) in [4.78, 5) is 28.8. The summed E-state index contributed by atoms with van der Waals surface area (Å²) in [5.41, 5.74) is 0.965. The van der Waals surface area contributed by atoms with Crippen molar-refractivity contribution in [2.45, 2.75) is 70.0 Å². The standard InChI is InChI=1S/C27H30Cl2N4O4S/c1-26(2,3)24-32-31-22(36-24)17-11-20-21(12-18(17)29)38-14-19(30-25(35)37-27(4,5)6)23(34)33(20)13-15-7-9-16(28)10-8-15/h7-12,19H,13-14H2,1-6H3,(H,30,35)/t19-/m0/s1. The van der Waals surface area contributed by atoms with Crippen LogP contribution in [0.1, 0.15) is 53.0 Å². The molecule has 1 N–H and O–H groups in total. The summed E-state index contributed by atoms with van der Waals surface area (Å²) < 4.78 is 11.4. The molecule has 4 rings (SSSR count). The van der Waals surface area contributed by atoms with Gasteiger partial charge in [0.05, 0.1) is 22.8 Å². The summed E-state index contributed by atoms with van der Waals surface area (Å²) in [6.45, 7) is 11.5. The molecule has 38 heavy (non-hydrogen) atoms. The van der Waals surface area contributed by atoms with Gasteiger partial charge in [-0.2, -0.15) is 0 Å². The molecule has 11 heteroatoms. The van der Waals surface area contributed by atoms with Crippen molar-refractivity contribution in [2.24, 2.45) is 0 Å². The van der Waals surface area contributed by atoms with Gasteiger partial charge in [-0.15, -0.1) is 22.0 Å². The SMILES string of the molecule is CC(C)(C)OC(=O)N[C@H]1CSc2cc(Cl)c(-c3nnc(C(C)(C)C)o3)cc2N(Cc2ccc(Cl)cc2)C1=O. The molecule has 0 aliphatic carbocycles. The van der Waals surface area contributed by atoms with Crippen LogP contribution in [0.25, 0.3) is 11.5 Å². The van der Waals surface area contributed by atoms with Gasteiger partial charge in [0, 0.05) is 21.1 Å². The molecule has 2 heterocycles. The molecular formula is C27H30Cl2N4O4S. The first-order valence-corrected chi connectivity index (χ1v) is 13.8. The zero-order valence-corrected chi connectivity index (χ0v) is 24.4. The topological polar surface area (TPSA) is 97.6 Å². The van der Waals surface area contributed by atoms with Crippen molar-refractivity contribution in [3.8, 4) is 11.5 Å². The fraction of sp³-hybridized carbons (Fsp3) is 0.407. The molecule has 8 nitrogen and oxygen atoms in total. The smallest absolute Gasteiger partial charge is 0.408 e. The van der Waals surface area contributed by atoms with Gasteiger partial charge in [0.25, 0.3) is 5.91 Å². The number of thioether (sulfide) groups is 1. The fourth-order valence-electron chi connectivity index (χ4n) is 3.71. The van der Waals surface area contributed by atoms with Crippen LogP contribution < -0.4 is 10.2 Å². The second kappa shape index (κ2) is 10.8. The number of carbonyl (C=O) groups excluding carboxylic acids is 2. The first-order valence-electron chi connectivity index (χ1n) is 12.1. The molecule has 3 aromatic rings. The Balaban J connectivity index is 1.75. The Morgan fingerprint density at radius 1 is 1.13 bits per heavy atom. The van der Waals surface area contributed by atoms with Crippen LogP contribution in [0, 0.1) is 0 Å². The van der Waals surface area contributed by atoms with Crippen LogP contribution in [0.15, 0.2) is 45.7 Å². The summed E-state index contributed by atoms with van der Waals surface area (Å²) in [6.07, 6.45) is -0.659. The second-order valence-electron chi connectivity index (χ2n) is 11.0. The number of ether oxygens (including phenoxy) is 1. The first kappa shape index (κ1) is 28.3. The second-order valence-corrected chi connectivity index (χ2v) is 12.9. The lowest BCUT2D eigenvalue weighted by Gasteiger charge is -2.27. The van der Waals surface area contributed by atoms with Gasteiger partial charge in [-0.25, -0.2) is 4.79 Å². The van der Waals surface area contributed by atoms with Crippen LogP contribution >= 0.6 is 35.0 Å². The number of carbonyl (C=O) groups is 2. The lowest BCUT2D eigenvalue weighted by Crippen LogP contribution is -2.50. The maximum Gasteiger partial charge on any atom is 0.408 e. The highest BCUT2D eigenvalue weighted by Crippen LogP contribution is 2.42. The van der Waals surface area contributed by atoms with Crippen LogP contribution in [0.2, 0.25) is 10.0 Å². The highest BCUT2D eigenvalue weighted by Gasteiger charge is 2.34. The van der Waals surface area contributed by atoms with Crippen molar-refractivity contribution < 1.29 is 18.7 Å². The van der Waals surface area contributed by atoms with Crippen LogP contribution in [0.5, 0.6) is 0 Å². The van der Waals surface area contributed by atoms with Gasteiger partial charge in [0.1, 0.15) is 11.6 Å². The number of anilines is 1. The molecule has 1 atom stereocenters. The summed E-state index contributed by atoms with van der Waals surface area (Å²) in [5.74, 6) is 0.751. The van der Waals surface area contributed by atoms with E-state index in [4.69, 9.17) is 32.4 Å². The Hall–Kier alpha value is -2.75. The maximum atomic E-state index is 13.9. The van der Waals surface area contributed by atoms with Crippen LogP contribution in [0.3, 0.4) is 0 Å². The van der Waals surface area contributed by atoms with E-state index in [2.05, 4.69) is 15.5 Å². The van der Waals surface area contributed by atoms with Crippen molar-refractivity contribution in [1.82, 2.24) is 15.5 Å². The summed E-state index contributed by atoms with van der Waals surface area (Å²) in [7, 11) is 0. The number of fused-ring (bicyclic) bond motifs is 1. The molecule has 0 saturated heterocycles. The van der Waals surface area contributed by atoms with Crippen LogP contribution in [-0.4, -0.2) is 39.6 Å². The van der Waals surface area contributed by atoms with E-state index in [9.17, 15) is 9.59 Å². The fourth-order valence-corrected chi connectivity index (χ4v) is 5.23. The van der Waals surface area contributed by atoms with E-state index in [1.54, 1.807) is 49.9 Å². The lowest BCUT2D eigenvalue weighted by atomic mass is 9.97. The number of amides is 2. The van der Waals surface area contributed by atoms with E-state index in [0.29, 0.717) is 32.9 Å². The van der Waals surface area contributed by atoms with Crippen molar-refractivity contribution in [2.75, 3.05) is 10.7 Å². The quantitative estimate of drug-likeness (QED) is 0.361. The highest BCUT2D eigenvalue weighted by atomic mass is 35.5. The van der Waals surface area contributed by atoms with Gasteiger partial charge in [0.2, 0.25) is 11.8 Å².